The summed E-state index contributed by atoms with van der Waals surface area (Å²) >= 11 is 40.8. The Morgan fingerprint density at radius 3 is 0.848 bits per heavy atom. The average Bonchev–Trinajstić information content (AvgIpc) is 1.69. The maximum Gasteiger partial charge on any atom is 0.231 e. The number of nitrogens with zero attached hydrogens (tertiary/aromatic N) is 32. The number of carbonyl (C=O) groups is 6. The van der Waals surface area contributed by atoms with E-state index in [9.17, 15) is 28.8 Å². The highest BCUT2D eigenvalue weighted by Crippen LogP contribution is 2.35. The number of anilines is 6. The van der Waals surface area contributed by atoms with Crippen molar-refractivity contribution < 1.29 is 28.8 Å². The predicted molar refractivity (Wildman–Crippen MR) is 563 cm³/mol. The van der Waals surface area contributed by atoms with Crippen molar-refractivity contribution in [1.29, 1.82) is 0 Å². The van der Waals surface area contributed by atoms with E-state index in [1.165, 1.54) is 19.6 Å². The Balaban J connectivity index is 0.000000146. The lowest BCUT2D eigenvalue weighted by Crippen LogP contribution is -2.36. The van der Waals surface area contributed by atoms with Gasteiger partial charge in [-0.25, -0.2) is 28.1 Å². The number of hydrogen-bond acceptors (Lipinski definition) is 24. The molecule has 18 aromatic rings. The molecule has 6 amide bonds. The summed E-state index contributed by atoms with van der Waals surface area (Å²) in [6.45, 7) is 17.0. The van der Waals surface area contributed by atoms with Gasteiger partial charge in [-0.15, -0.1) is 22.7 Å². The van der Waals surface area contributed by atoms with Crippen molar-refractivity contribution in [2.75, 3.05) is 70.2 Å². The molecule has 0 saturated heterocycles. The lowest BCUT2D eigenvalue weighted by Gasteiger charge is -2.23. The fraction of sp³-hybridized carbons (Fsp3) is 0.253. The van der Waals surface area contributed by atoms with Crippen molar-refractivity contribution in [2.45, 2.75) is 100 Å². The molecule has 0 bridgehead atoms. The highest BCUT2D eigenvalue weighted by atomic mass is 35.5. The molecule has 18 heterocycles. The van der Waals surface area contributed by atoms with E-state index in [1.54, 1.807) is 247 Å². The van der Waals surface area contributed by atoms with Gasteiger partial charge in [0.15, 0.2) is 30.9 Å². The number of carbonyl (C=O) groups excluding carboxylic acids is 6. The molecule has 0 aromatic carbocycles. The summed E-state index contributed by atoms with van der Waals surface area (Å²) in [5.41, 5.74) is 8.20. The molecule has 4 atom stereocenters. The first-order valence-corrected chi connectivity index (χ1v) is 49.8. The molecule has 0 aliphatic heterocycles. The summed E-state index contributed by atoms with van der Waals surface area (Å²) in [6, 6.07) is 37.6. The number of aryl methyl sites for hydroxylation is 2. The number of rotatable bonds is 33. The molecule has 18 aromatic heterocycles. The summed E-state index contributed by atoms with van der Waals surface area (Å²) in [5.74, 6) is -0.856. The minimum atomic E-state index is -0.243. The SMILES string of the molecule is CC(Cc1cccs1)C(=O)N(C)c1cn(-c2cccnc2)nc1Cl.CC(Cn1cccn1)C(=O)N(C)c1cn(-c2cccnc2)nc1Cl.CCN(C(=O)C(C)Cc1cccs1)c1cn(-c2cccnc2)nc1Cl.CCN(C(=O)C(C)Cn1cccn1)c1cn(-c2cccnc2)nc1Cl.CCN(C(=O)CCn1cccn1)c1cn(-c2cccnc2)nc1Cl.CN(C(=O)CCn1cccn1)c1cn(-c2cccnc2)nc1Cl. The highest BCUT2D eigenvalue weighted by molar-refractivity contribution is 7.10. The van der Waals surface area contributed by atoms with Crippen LogP contribution in [0.3, 0.4) is 0 Å². The largest absolute Gasteiger partial charge is 0.311 e. The van der Waals surface area contributed by atoms with Crippen molar-refractivity contribution >= 4 is 162 Å². The van der Waals surface area contributed by atoms with E-state index in [0.717, 1.165) is 47.0 Å². The van der Waals surface area contributed by atoms with Gasteiger partial charge in [-0.3, -0.25) is 77.4 Å². The van der Waals surface area contributed by atoms with E-state index >= 15 is 0 Å². The van der Waals surface area contributed by atoms with Gasteiger partial charge in [0.1, 0.15) is 34.1 Å². The van der Waals surface area contributed by atoms with Crippen molar-refractivity contribution in [3.05, 3.63) is 334 Å². The second kappa shape index (κ2) is 52.8. The van der Waals surface area contributed by atoms with Crippen LogP contribution < -0.4 is 29.4 Å². The van der Waals surface area contributed by atoms with E-state index in [-0.39, 0.29) is 84.9 Å². The van der Waals surface area contributed by atoms with Crippen LogP contribution in [-0.2, 0) is 67.8 Å². The molecular formula is C99H104Cl6N32O6S2. The molecule has 0 spiro atoms. The lowest BCUT2D eigenvalue weighted by molar-refractivity contribution is -0.123. The number of hydrogen-bond donors (Lipinski definition) is 0. The van der Waals surface area contributed by atoms with Gasteiger partial charge in [-0.2, -0.15) is 51.0 Å². The molecule has 46 heteroatoms. The van der Waals surface area contributed by atoms with Crippen LogP contribution in [0, 0.1) is 23.7 Å². The molecule has 38 nitrogen and oxygen atoms in total. The normalized spacial score (nSPS) is 11.7. The van der Waals surface area contributed by atoms with Gasteiger partial charge >= 0.3 is 0 Å². The zero-order valence-corrected chi connectivity index (χ0v) is 86.8. The topological polar surface area (TPSA) is 377 Å². The van der Waals surface area contributed by atoms with Crippen molar-refractivity contribution in [3.8, 4) is 34.1 Å². The van der Waals surface area contributed by atoms with Gasteiger partial charge in [0.2, 0.25) is 35.4 Å². The van der Waals surface area contributed by atoms with Gasteiger partial charge in [-0.1, -0.05) is 109 Å². The van der Waals surface area contributed by atoms with Crippen LogP contribution in [-0.4, -0.2) is 204 Å². The highest BCUT2D eigenvalue weighted by Gasteiger charge is 2.31. The maximum atomic E-state index is 12.9. The van der Waals surface area contributed by atoms with Crippen LogP contribution in [0.1, 0.15) is 71.1 Å². The predicted octanol–water partition coefficient (Wildman–Crippen LogP) is 18.0. The zero-order valence-electron chi connectivity index (χ0n) is 80.6. The molecule has 18 rings (SSSR count). The second-order valence-corrected chi connectivity index (χ2v) is 36.7. The molecule has 4 unspecified atom stereocenters. The number of amides is 6. The first kappa shape index (κ1) is 107. The minimum absolute atomic E-state index is 0.0102. The Kier molecular flexibility index (Phi) is 39.1. The Morgan fingerprint density at radius 1 is 0.303 bits per heavy atom. The Labute approximate surface area is 874 Å². The van der Waals surface area contributed by atoms with Gasteiger partial charge in [0.25, 0.3) is 0 Å². The fourth-order valence-electron chi connectivity index (χ4n) is 14.7. The summed E-state index contributed by atoms with van der Waals surface area (Å²) in [7, 11) is 5.10. The molecule has 0 N–H and O–H groups in total. The van der Waals surface area contributed by atoms with Crippen LogP contribution in [0.25, 0.3) is 34.1 Å². The standard InChI is InChI=1S/C18H19ClN4OS.C17H19ClN6O.C17H17ClN4OS.2C16H17ClN6O.C15H15ClN6O/c1-3-22(18(24)13(2)10-15-7-5-9-25-15)16-12-23(21-17(16)19)14-6-4-8-20-11-14;1-3-23(17(25)13(2)11-22-9-5-8-20-22)15-12-24(21-16(15)18)14-6-4-7-19-10-14;1-12(9-14-6-4-8-24-14)17(23)21(2)15-11-22(20-16(15)18)13-5-3-7-19-10-13;1-12(10-22-8-4-7-19-22)16(24)21(2)14-11-23(20-15(14)17)13-5-3-6-18-9-13;1-2-22(15(24)6-10-21-9-4-8-19-21)14-12-23(20-16(14)17)13-5-3-7-18-11-13;1-20(14(23)5-9-21-8-3-7-18-21)13-11-22(19-15(13)16)12-4-2-6-17-10-12/h4-9,11-13H,3,10H2,1-2H3;4-10,12-13H,3,11H2,1-2H3;3-8,10-12H,9H2,1-2H3;3-9,11-12H,10H2,1-2H3;3-5,7-9,11-12H,2,6,10H2,1H3;2-4,6-8,10-11H,5,9H2,1H3. The third-order valence-corrected chi connectivity index (χ3v) is 25.7. The number of aromatic nitrogens is 26. The van der Waals surface area contributed by atoms with Crippen molar-refractivity contribution in [2.24, 2.45) is 23.7 Å². The summed E-state index contributed by atoms with van der Waals surface area (Å²) in [4.78, 5) is 112. The Morgan fingerprint density at radius 2 is 0.566 bits per heavy atom. The fourth-order valence-corrected chi connectivity index (χ4v) is 17.8. The Hall–Kier alpha value is -15.0. The monoisotopic (exact) mass is 2110 g/mol. The summed E-state index contributed by atoms with van der Waals surface area (Å²) in [5, 5.41) is 47.8. The maximum absolute atomic E-state index is 12.9. The van der Waals surface area contributed by atoms with Crippen LogP contribution >= 0.6 is 92.3 Å². The summed E-state index contributed by atoms with van der Waals surface area (Å²) < 4.78 is 16.6. The average molecular weight is 2110 g/mol. The van der Waals surface area contributed by atoms with E-state index in [0.29, 0.717) is 97.9 Å². The first-order chi connectivity index (χ1) is 70.1. The molecule has 750 valence electrons. The zero-order chi connectivity index (χ0) is 103. The molecule has 0 fully saturated rings. The van der Waals surface area contributed by atoms with Gasteiger partial charge < -0.3 is 29.4 Å². The molecular weight excluding hydrogens is 2010 g/mol. The smallest absolute Gasteiger partial charge is 0.231 e. The van der Waals surface area contributed by atoms with Gasteiger partial charge in [0, 0.05) is 175 Å². The molecule has 0 radical (unpaired) electrons. The van der Waals surface area contributed by atoms with Crippen LogP contribution in [0.4, 0.5) is 34.1 Å². The Bertz CT molecular complexity index is 6760. The third-order valence-electron chi connectivity index (χ3n) is 22.3. The number of pyridine rings is 6. The number of halogens is 6. The van der Waals surface area contributed by atoms with Crippen LogP contribution in [0.2, 0.25) is 30.9 Å². The van der Waals surface area contributed by atoms with E-state index in [4.69, 9.17) is 69.6 Å². The number of thiophene rings is 2. The van der Waals surface area contributed by atoms with Crippen molar-refractivity contribution in [3.63, 3.8) is 0 Å². The minimum Gasteiger partial charge on any atom is -0.311 e. The quantitative estimate of drug-likeness (QED) is 0.0369. The van der Waals surface area contributed by atoms with Crippen molar-refractivity contribution in [1.82, 2.24) is 128 Å². The molecule has 0 aliphatic rings. The van der Waals surface area contributed by atoms with E-state index in [2.05, 4.69) is 87.0 Å². The third kappa shape index (κ3) is 29.2. The van der Waals surface area contributed by atoms with Gasteiger partial charge in [-0.05, 0) is 154 Å². The van der Waals surface area contributed by atoms with E-state index < -0.39 is 0 Å². The first-order valence-electron chi connectivity index (χ1n) is 45.8. The lowest BCUT2D eigenvalue weighted by atomic mass is 10.1. The second-order valence-electron chi connectivity index (χ2n) is 32.5. The molecule has 145 heavy (non-hydrogen) atoms. The molecule has 0 saturated carbocycles. The summed E-state index contributed by atoms with van der Waals surface area (Å²) in [6.07, 6.45) is 46.9. The van der Waals surface area contributed by atoms with E-state index in [1.807, 2.05) is 199 Å². The van der Waals surface area contributed by atoms with Crippen LogP contribution in [0.5, 0.6) is 0 Å². The van der Waals surface area contributed by atoms with Gasteiger partial charge in [0.05, 0.1) is 133 Å². The molecule has 0 aliphatic carbocycles. The van der Waals surface area contributed by atoms with Crippen LogP contribution in [0.15, 0.2) is 293 Å².